The van der Waals surface area contributed by atoms with Gasteiger partial charge in [0.25, 0.3) is 0 Å². The van der Waals surface area contributed by atoms with Crippen molar-refractivity contribution in [1.82, 2.24) is 4.90 Å². The number of rotatable bonds is 4. The van der Waals surface area contributed by atoms with E-state index in [4.69, 9.17) is 5.32 Å². The first-order chi connectivity index (χ1) is 7.40. The molecule has 1 heterocycles. The average molecular weight is 216 g/mol. The normalized spacial score (nSPS) is 27.9. The molecule has 1 atom stereocenters. The summed E-state index contributed by atoms with van der Waals surface area (Å²) in [4.78, 5) is 2.60. The van der Waals surface area contributed by atoms with E-state index in [9.17, 15) is 0 Å². The molecular weight excluding hydrogens is 191 g/mol. The van der Waals surface area contributed by atoms with Crippen LogP contribution in [0.1, 0.15) is 51.9 Å². The van der Waals surface area contributed by atoms with E-state index >= 15 is 0 Å². The number of hydrogen-bond donors (Lipinski definition) is 0. The summed E-state index contributed by atoms with van der Waals surface area (Å²) in [5.41, 5.74) is 0. The molecule has 0 aromatic rings. The van der Waals surface area contributed by atoms with E-state index in [-0.39, 0.29) is 18.9 Å². The Morgan fingerprint density at radius 3 is 2.50 bits per heavy atom. The standard InChI is InChI=1S/C13H25N2.Li/c1-2-15-10-6-9-13(15)11-14-12-7-4-3-5-8-12;/h12-13H,2-11H2,1H3;/q-1;+1/t13-;/m0./s1. The SMILES string of the molecule is CCN1CCC[C@H]1C[N-]C1CCCCC1.[Li+]. The van der Waals surface area contributed by atoms with Gasteiger partial charge in [-0.3, -0.25) is 0 Å². The van der Waals surface area contributed by atoms with Crippen molar-refractivity contribution < 1.29 is 18.9 Å². The minimum Gasteiger partial charge on any atom is -0.658 e. The van der Waals surface area contributed by atoms with E-state index in [2.05, 4.69) is 11.8 Å². The first-order valence-corrected chi connectivity index (χ1v) is 6.81. The minimum absolute atomic E-state index is 0. The zero-order chi connectivity index (χ0) is 10.5. The van der Waals surface area contributed by atoms with Gasteiger partial charge in [-0.15, -0.1) is 12.6 Å². The van der Waals surface area contributed by atoms with E-state index in [1.807, 2.05) is 0 Å². The van der Waals surface area contributed by atoms with Crippen LogP contribution in [-0.4, -0.2) is 36.6 Å². The average Bonchev–Trinajstić information content (AvgIpc) is 2.75. The molecule has 1 saturated heterocycles. The van der Waals surface area contributed by atoms with Crippen molar-refractivity contribution in [3.05, 3.63) is 5.32 Å². The molecule has 2 fully saturated rings. The summed E-state index contributed by atoms with van der Waals surface area (Å²) in [6, 6.07) is 1.48. The third-order valence-electron chi connectivity index (χ3n) is 4.05. The van der Waals surface area contributed by atoms with Gasteiger partial charge in [0.1, 0.15) is 0 Å². The molecule has 16 heavy (non-hydrogen) atoms. The molecule has 1 aliphatic carbocycles. The second-order valence-electron chi connectivity index (χ2n) is 5.08. The minimum atomic E-state index is 0. The van der Waals surface area contributed by atoms with Crippen LogP contribution >= 0.6 is 0 Å². The predicted octanol–water partition coefficient (Wildman–Crippen LogP) is 0.181. The van der Waals surface area contributed by atoms with Gasteiger partial charge < -0.3 is 10.2 Å². The third kappa shape index (κ3) is 4.07. The van der Waals surface area contributed by atoms with E-state index in [0.29, 0.717) is 6.04 Å². The zero-order valence-electron chi connectivity index (χ0n) is 11.1. The molecule has 2 nitrogen and oxygen atoms in total. The first-order valence-electron chi connectivity index (χ1n) is 6.81. The van der Waals surface area contributed by atoms with Crippen molar-refractivity contribution in [3.63, 3.8) is 0 Å². The fourth-order valence-corrected chi connectivity index (χ4v) is 3.05. The third-order valence-corrected chi connectivity index (χ3v) is 4.05. The van der Waals surface area contributed by atoms with Crippen LogP contribution in [0.15, 0.2) is 0 Å². The molecule has 0 N–H and O–H groups in total. The Balaban J connectivity index is 0.00000128. The molecule has 0 aromatic heterocycles. The molecule has 88 valence electrons. The Hall–Kier alpha value is 0.517. The zero-order valence-corrected chi connectivity index (χ0v) is 11.1. The van der Waals surface area contributed by atoms with E-state index in [0.717, 1.165) is 12.6 Å². The maximum Gasteiger partial charge on any atom is 1.00 e. The van der Waals surface area contributed by atoms with Gasteiger partial charge in [0, 0.05) is 0 Å². The molecule has 0 radical (unpaired) electrons. The van der Waals surface area contributed by atoms with Crippen molar-refractivity contribution in [1.29, 1.82) is 0 Å². The molecule has 1 aliphatic heterocycles. The maximum atomic E-state index is 4.92. The molecule has 0 unspecified atom stereocenters. The quantitative estimate of drug-likeness (QED) is 0.613. The summed E-state index contributed by atoms with van der Waals surface area (Å²) in [5, 5.41) is 4.92. The van der Waals surface area contributed by atoms with Crippen LogP contribution < -0.4 is 18.9 Å². The van der Waals surface area contributed by atoms with Gasteiger partial charge in [0.05, 0.1) is 0 Å². The van der Waals surface area contributed by atoms with Gasteiger partial charge in [-0.1, -0.05) is 39.0 Å². The second-order valence-corrected chi connectivity index (χ2v) is 5.08. The summed E-state index contributed by atoms with van der Waals surface area (Å²) in [5.74, 6) is 0. The van der Waals surface area contributed by atoms with Crippen LogP contribution in [-0.2, 0) is 0 Å². The topological polar surface area (TPSA) is 17.3 Å². The van der Waals surface area contributed by atoms with Crippen molar-refractivity contribution in [2.45, 2.75) is 64.0 Å². The fraction of sp³-hybridized carbons (Fsp3) is 1.00. The van der Waals surface area contributed by atoms with E-state index < -0.39 is 0 Å². The first kappa shape index (κ1) is 14.6. The van der Waals surface area contributed by atoms with Crippen molar-refractivity contribution >= 4 is 0 Å². The number of hydrogen-bond acceptors (Lipinski definition) is 1. The van der Waals surface area contributed by atoms with Crippen LogP contribution in [0.5, 0.6) is 0 Å². The van der Waals surface area contributed by atoms with Gasteiger partial charge in [0.2, 0.25) is 0 Å². The Kier molecular flexibility index (Phi) is 7.08. The fourth-order valence-electron chi connectivity index (χ4n) is 3.05. The Morgan fingerprint density at radius 1 is 1.06 bits per heavy atom. The van der Waals surface area contributed by atoms with Gasteiger partial charge in [0.15, 0.2) is 0 Å². The van der Waals surface area contributed by atoms with Crippen molar-refractivity contribution in [2.24, 2.45) is 0 Å². The summed E-state index contributed by atoms with van der Waals surface area (Å²) in [6.07, 6.45) is 9.75. The van der Waals surface area contributed by atoms with Gasteiger partial charge in [-0.25, -0.2) is 0 Å². The summed E-state index contributed by atoms with van der Waals surface area (Å²) < 4.78 is 0. The smallest absolute Gasteiger partial charge is 0.658 e. The predicted molar refractivity (Wildman–Crippen MR) is 65.4 cm³/mol. The Bertz CT molecular complexity index is 181. The largest absolute Gasteiger partial charge is 1.00 e. The molecule has 2 aliphatic rings. The van der Waals surface area contributed by atoms with Crippen LogP contribution in [0.25, 0.3) is 5.32 Å². The molecular formula is C13H25LiN2. The Labute approximate surface area is 113 Å². The van der Waals surface area contributed by atoms with Gasteiger partial charge >= 0.3 is 18.9 Å². The number of likely N-dealkylation sites (tertiary alicyclic amines) is 1. The number of likely N-dealkylation sites (N-methyl/N-ethyl adjacent to an activating group) is 1. The second kappa shape index (κ2) is 7.77. The molecule has 1 saturated carbocycles. The van der Waals surface area contributed by atoms with Crippen molar-refractivity contribution in [2.75, 3.05) is 19.6 Å². The van der Waals surface area contributed by atoms with Gasteiger partial charge in [-0.05, 0) is 32.0 Å². The van der Waals surface area contributed by atoms with Crippen LogP contribution in [0.2, 0.25) is 0 Å². The maximum absolute atomic E-state index is 4.92. The summed E-state index contributed by atoms with van der Waals surface area (Å²) in [6.45, 7) is 5.91. The summed E-state index contributed by atoms with van der Waals surface area (Å²) in [7, 11) is 0. The van der Waals surface area contributed by atoms with Crippen LogP contribution in [0, 0.1) is 0 Å². The molecule has 3 heteroatoms. The number of nitrogens with zero attached hydrogens (tertiary/aromatic N) is 2. The van der Waals surface area contributed by atoms with Gasteiger partial charge in [-0.2, -0.15) is 0 Å². The van der Waals surface area contributed by atoms with Crippen LogP contribution in [0.4, 0.5) is 0 Å². The molecule has 0 amide bonds. The molecule has 0 spiro atoms. The molecule has 0 bridgehead atoms. The summed E-state index contributed by atoms with van der Waals surface area (Å²) >= 11 is 0. The van der Waals surface area contributed by atoms with E-state index in [1.54, 1.807) is 0 Å². The van der Waals surface area contributed by atoms with Crippen molar-refractivity contribution in [3.8, 4) is 0 Å². The van der Waals surface area contributed by atoms with E-state index in [1.165, 1.54) is 58.0 Å². The van der Waals surface area contributed by atoms with Crippen LogP contribution in [0.3, 0.4) is 0 Å². The molecule has 0 aromatic carbocycles. The molecule has 2 rings (SSSR count). The monoisotopic (exact) mass is 216 g/mol. The Morgan fingerprint density at radius 2 is 1.81 bits per heavy atom.